The lowest BCUT2D eigenvalue weighted by Crippen LogP contribution is -2.38. The maximum Gasteiger partial charge on any atom is 0.191 e. The third-order valence-electron chi connectivity index (χ3n) is 3.77. The minimum Gasteiger partial charge on any atom is -0.378 e. The van der Waals surface area contributed by atoms with E-state index in [4.69, 9.17) is 0 Å². The van der Waals surface area contributed by atoms with E-state index in [1.807, 2.05) is 20.2 Å². The number of rotatable bonds is 7. The standard InChI is InChI=1S/C20H28N4.HI/c1-4-21-20(22-15-14-17-8-6-5-7-9-17)23-16-18-10-12-19(13-11-18)24(2)3;/h5-13H,4,14-16H2,1-3H3,(H2,21,22,23);1H. The summed E-state index contributed by atoms with van der Waals surface area (Å²) in [5.74, 6) is 0.866. The van der Waals surface area contributed by atoms with Gasteiger partial charge in [-0.15, -0.1) is 24.0 Å². The van der Waals surface area contributed by atoms with E-state index in [0.717, 1.165) is 25.5 Å². The highest BCUT2D eigenvalue weighted by molar-refractivity contribution is 14.0. The first kappa shape index (κ1) is 21.3. The maximum absolute atomic E-state index is 4.67. The van der Waals surface area contributed by atoms with Crippen molar-refractivity contribution >= 4 is 35.6 Å². The molecule has 0 spiro atoms. The van der Waals surface area contributed by atoms with Gasteiger partial charge in [0, 0.05) is 32.9 Å². The summed E-state index contributed by atoms with van der Waals surface area (Å²) in [4.78, 5) is 6.77. The number of hydrogen-bond acceptors (Lipinski definition) is 2. The lowest BCUT2D eigenvalue weighted by Gasteiger charge is -2.13. The van der Waals surface area contributed by atoms with Crippen molar-refractivity contribution in [1.82, 2.24) is 10.6 Å². The molecule has 0 radical (unpaired) electrons. The number of nitrogens with one attached hydrogen (secondary N) is 2. The number of anilines is 1. The van der Waals surface area contributed by atoms with Crippen LogP contribution in [0, 0.1) is 0 Å². The summed E-state index contributed by atoms with van der Waals surface area (Å²) in [5.41, 5.74) is 3.75. The molecule has 2 rings (SSSR count). The van der Waals surface area contributed by atoms with Gasteiger partial charge in [0.2, 0.25) is 0 Å². The van der Waals surface area contributed by atoms with E-state index in [2.05, 4.69) is 76.0 Å². The summed E-state index contributed by atoms with van der Waals surface area (Å²) in [7, 11) is 4.10. The molecule has 0 amide bonds. The molecule has 0 aliphatic rings. The topological polar surface area (TPSA) is 39.7 Å². The predicted octanol–water partition coefficient (Wildman–Crippen LogP) is 3.67. The molecule has 25 heavy (non-hydrogen) atoms. The molecule has 0 aromatic heterocycles. The van der Waals surface area contributed by atoms with Gasteiger partial charge in [0.15, 0.2) is 5.96 Å². The number of aliphatic imine (C=N–C) groups is 1. The van der Waals surface area contributed by atoms with Crippen LogP contribution in [0.3, 0.4) is 0 Å². The Bertz CT molecular complexity index is 624. The van der Waals surface area contributed by atoms with Crippen molar-refractivity contribution in [3.63, 3.8) is 0 Å². The quantitative estimate of drug-likeness (QED) is 0.383. The minimum absolute atomic E-state index is 0. The molecule has 0 unspecified atom stereocenters. The highest BCUT2D eigenvalue weighted by atomic mass is 127. The van der Waals surface area contributed by atoms with Crippen molar-refractivity contribution in [3.8, 4) is 0 Å². The fourth-order valence-corrected chi connectivity index (χ4v) is 2.38. The van der Waals surface area contributed by atoms with Gasteiger partial charge in [-0.25, -0.2) is 4.99 Å². The maximum atomic E-state index is 4.67. The number of benzene rings is 2. The molecule has 136 valence electrons. The third-order valence-corrected chi connectivity index (χ3v) is 3.77. The summed E-state index contributed by atoms with van der Waals surface area (Å²) >= 11 is 0. The molecule has 2 aromatic carbocycles. The zero-order valence-corrected chi connectivity index (χ0v) is 17.7. The molecular formula is C20H29IN4. The fraction of sp³-hybridized carbons (Fsp3) is 0.350. The van der Waals surface area contributed by atoms with Gasteiger partial charge < -0.3 is 15.5 Å². The minimum atomic E-state index is 0. The highest BCUT2D eigenvalue weighted by Crippen LogP contribution is 2.12. The van der Waals surface area contributed by atoms with Gasteiger partial charge in [-0.3, -0.25) is 0 Å². The van der Waals surface area contributed by atoms with Crippen LogP contribution in [0.1, 0.15) is 18.1 Å². The van der Waals surface area contributed by atoms with Crippen LogP contribution in [-0.2, 0) is 13.0 Å². The van der Waals surface area contributed by atoms with Crippen molar-refractivity contribution < 1.29 is 0 Å². The van der Waals surface area contributed by atoms with E-state index in [1.165, 1.54) is 16.8 Å². The molecule has 2 N–H and O–H groups in total. The monoisotopic (exact) mass is 452 g/mol. The lowest BCUT2D eigenvalue weighted by atomic mass is 10.1. The van der Waals surface area contributed by atoms with Crippen LogP contribution in [0.25, 0.3) is 0 Å². The largest absolute Gasteiger partial charge is 0.378 e. The number of nitrogens with zero attached hydrogens (tertiary/aromatic N) is 2. The molecule has 4 nitrogen and oxygen atoms in total. The first-order valence-corrected chi connectivity index (χ1v) is 8.51. The van der Waals surface area contributed by atoms with Crippen LogP contribution in [0.4, 0.5) is 5.69 Å². The summed E-state index contributed by atoms with van der Waals surface area (Å²) in [6.07, 6.45) is 0.989. The van der Waals surface area contributed by atoms with E-state index in [9.17, 15) is 0 Å². The van der Waals surface area contributed by atoms with E-state index in [-0.39, 0.29) is 24.0 Å². The second kappa shape index (κ2) is 11.7. The molecule has 0 aliphatic carbocycles. The average molecular weight is 452 g/mol. The van der Waals surface area contributed by atoms with Crippen LogP contribution < -0.4 is 15.5 Å². The summed E-state index contributed by atoms with van der Waals surface area (Å²) < 4.78 is 0. The van der Waals surface area contributed by atoms with Crippen LogP contribution >= 0.6 is 24.0 Å². The van der Waals surface area contributed by atoms with Crippen molar-refractivity contribution in [2.45, 2.75) is 19.9 Å². The van der Waals surface area contributed by atoms with Gasteiger partial charge in [0.1, 0.15) is 0 Å². The normalized spacial score (nSPS) is 10.8. The highest BCUT2D eigenvalue weighted by Gasteiger charge is 1.99. The van der Waals surface area contributed by atoms with Crippen LogP contribution in [0.2, 0.25) is 0 Å². The first-order chi connectivity index (χ1) is 11.7. The van der Waals surface area contributed by atoms with Crippen molar-refractivity contribution in [3.05, 3.63) is 65.7 Å². The second-order valence-electron chi connectivity index (χ2n) is 5.92. The molecule has 0 atom stereocenters. The van der Waals surface area contributed by atoms with Crippen molar-refractivity contribution in [1.29, 1.82) is 0 Å². The van der Waals surface area contributed by atoms with Gasteiger partial charge in [0.25, 0.3) is 0 Å². The Kier molecular flexibility index (Phi) is 9.99. The summed E-state index contributed by atoms with van der Waals surface area (Å²) in [6, 6.07) is 19.0. The van der Waals surface area contributed by atoms with Gasteiger partial charge in [-0.05, 0) is 36.6 Å². The molecule has 0 heterocycles. The summed E-state index contributed by atoms with van der Waals surface area (Å²) in [5, 5.41) is 6.70. The van der Waals surface area contributed by atoms with Crippen LogP contribution in [0.15, 0.2) is 59.6 Å². The molecular weight excluding hydrogens is 423 g/mol. The van der Waals surface area contributed by atoms with Gasteiger partial charge in [-0.2, -0.15) is 0 Å². The Balaban J connectivity index is 0.00000312. The smallest absolute Gasteiger partial charge is 0.191 e. The first-order valence-electron chi connectivity index (χ1n) is 8.51. The summed E-state index contributed by atoms with van der Waals surface area (Å²) in [6.45, 7) is 4.49. The average Bonchev–Trinajstić information content (AvgIpc) is 2.61. The van der Waals surface area contributed by atoms with E-state index < -0.39 is 0 Å². The van der Waals surface area contributed by atoms with Gasteiger partial charge >= 0.3 is 0 Å². The van der Waals surface area contributed by atoms with Gasteiger partial charge in [-0.1, -0.05) is 42.5 Å². The number of guanidine groups is 1. The Morgan fingerprint density at radius 3 is 2.20 bits per heavy atom. The Labute approximate surface area is 168 Å². The molecule has 0 aliphatic heterocycles. The fourth-order valence-electron chi connectivity index (χ4n) is 2.38. The second-order valence-corrected chi connectivity index (χ2v) is 5.92. The molecule has 2 aromatic rings. The van der Waals surface area contributed by atoms with E-state index in [1.54, 1.807) is 0 Å². The molecule has 5 heteroatoms. The molecule has 0 saturated carbocycles. The van der Waals surface area contributed by atoms with Crippen molar-refractivity contribution in [2.75, 3.05) is 32.1 Å². The predicted molar refractivity (Wildman–Crippen MR) is 119 cm³/mol. The van der Waals surface area contributed by atoms with Gasteiger partial charge in [0.05, 0.1) is 6.54 Å². The van der Waals surface area contributed by atoms with Crippen LogP contribution in [-0.4, -0.2) is 33.1 Å². The van der Waals surface area contributed by atoms with E-state index >= 15 is 0 Å². The van der Waals surface area contributed by atoms with E-state index in [0.29, 0.717) is 6.54 Å². The number of halogens is 1. The third kappa shape index (κ3) is 7.77. The van der Waals surface area contributed by atoms with Crippen LogP contribution in [0.5, 0.6) is 0 Å². The molecule has 0 saturated heterocycles. The Morgan fingerprint density at radius 1 is 0.920 bits per heavy atom. The zero-order chi connectivity index (χ0) is 17.2. The van der Waals surface area contributed by atoms with Crippen molar-refractivity contribution in [2.24, 2.45) is 4.99 Å². The zero-order valence-electron chi connectivity index (χ0n) is 15.3. The molecule has 0 bridgehead atoms. The Morgan fingerprint density at radius 2 is 1.60 bits per heavy atom. The molecule has 0 fully saturated rings. The number of hydrogen-bond donors (Lipinski definition) is 2. The lowest BCUT2D eigenvalue weighted by molar-refractivity contribution is 0.799. The SMILES string of the molecule is CCNC(=NCc1ccc(N(C)C)cc1)NCCc1ccccc1.I. The Hall–Kier alpha value is -1.76.